The van der Waals surface area contributed by atoms with Crippen LogP contribution in [-0.2, 0) is 4.74 Å². The van der Waals surface area contributed by atoms with E-state index in [1.54, 1.807) is 22.9 Å². The van der Waals surface area contributed by atoms with Crippen molar-refractivity contribution in [1.82, 2.24) is 9.78 Å². The molecule has 5 nitrogen and oxygen atoms in total. The Bertz CT molecular complexity index is 744. The lowest BCUT2D eigenvalue weighted by Crippen LogP contribution is -2.26. The lowest BCUT2D eigenvalue weighted by molar-refractivity contribution is 0.00542. The number of carbonyl (C=O) groups excluding carboxylic acids is 1. The summed E-state index contributed by atoms with van der Waals surface area (Å²) in [5, 5.41) is 13.4. The average molecular weight is 311 g/mol. The second-order valence-electron chi connectivity index (χ2n) is 6.64. The molecule has 1 aromatic carbocycles. The van der Waals surface area contributed by atoms with Gasteiger partial charge in [0, 0.05) is 11.6 Å². The van der Waals surface area contributed by atoms with Crippen molar-refractivity contribution in [1.29, 1.82) is 5.26 Å². The Hall–Kier alpha value is -2.61. The maximum absolute atomic E-state index is 12.4. The molecule has 2 aromatic rings. The van der Waals surface area contributed by atoms with Crippen LogP contribution in [-0.4, -0.2) is 21.4 Å². The summed E-state index contributed by atoms with van der Waals surface area (Å²) < 4.78 is 7.13. The summed E-state index contributed by atoms with van der Waals surface area (Å²) in [5.74, 6) is -0.390. The normalized spacial score (nSPS) is 11.3. The molecule has 1 heterocycles. The number of esters is 1. The molecule has 0 saturated heterocycles. The smallest absolute Gasteiger partial charge is 0.357 e. The fraction of sp³-hybridized carbons (Fsp3) is 0.389. The Balaban J connectivity index is 2.42. The molecular formula is C18H21N3O2. The Kier molecular flexibility index (Phi) is 4.55. The minimum Gasteiger partial charge on any atom is -0.455 e. The minimum atomic E-state index is -0.558. The first-order chi connectivity index (χ1) is 10.7. The second-order valence-corrected chi connectivity index (χ2v) is 6.64. The molecule has 0 aliphatic carbocycles. The summed E-state index contributed by atoms with van der Waals surface area (Å²) in [6.07, 6.45) is 0. The van der Waals surface area contributed by atoms with Crippen LogP contribution in [0.25, 0.3) is 11.3 Å². The van der Waals surface area contributed by atoms with Gasteiger partial charge in [-0.05, 0) is 52.8 Å². The number of carbonyl (C=O) groups is 1. The topological polar surface area (TPSA) is 67.9 Å². The molecule has 0 aliphatic rings. The molecule has 120 valence electrons. The van der Waals surface area contributed by atoms with Crippen molar-refractivity contribution in [3.05, 3.63) is 41.6 Å². The molecular weight excluding hydrogens is 290 g/mol. The first kappa shape index (κ1) is 16.8. The molecule has 2 rings (SSSR count). The quantitative estimate of drug-likeness (QED) is 0.805. The van der Waals surface area contributed by atoms with E-state index < -0.39 is 11.6 Å². The molecule has 0 radical (unpaired) electrons. The van der Waals surface area contributed by atoms with Crippen LogP contribution in [0.4, 0.5) is 0 Å². The zero-order chi connectivity index (χ0) is 17.2. The van der Waals surface area contributed by atoms with Gasteiger partial charge in [0.25, 0.3) is 0 Å². The summed E-state index contributed by atoms with van der Waals surface area (Å²) >= 11 is 0. The van der Waals surface area contributed by atoms with Crippen LogP contribution in [0.15, 0.2) is 30.3 Å². The Morgan fingerprint density at radius 1 is 1.26 bits per heavy atom. The number of nitrogens with zero attached hydrogens (tertiary/aromatic N) is 3. The van der Waals surface area contributed by atoms with Crippen molar-refractivity contribution < 1.29 is 9.53 Å². The third-order valence-electron chi connectivity index (χ3n) is 3.14. The zero-order valence-corrected chi connectivity index (χ0v) is 14.1. The van der Waals surface area contributed by atoms with Crippen LogP contribution in [0.1, 0.15) is 56.7 Å². The SMILES string of the molecule is CC(C)n1nc(-c2ccc(C#N)cc2)cc1C(=O)OC(C)(C)C. The number of nitriles is 1. The van der Waals surface area contributed by atoms with Crippen LogP contribution in [0.2, 0.25) is 0 Å². The number of aromatic nitrogens is 2. The molecule has 1 aromatic heterocycles. The average Bonchev–Trinajstić information content (AvgIpc) is 2.91. The summed E-state index contributed by atoms with van der Waals surface area (Å²) in [4.78, 5) is 12.4. The molecule has 0 unspecified atom stereocenters. The molecule has 0 spiro atoms. The van der Waals surface area contributed by atoms with Crippen LogP contribution in [0.5, 0.6) is 0 Å². The number of hydrogen-bond acceptors (Lipinski definition) is 4. The molecule has 0 atom stereocenters. The van der Waals surface area contributed by atoms with E-state index in [0.29, 0.717) is 17.0 Å². The van der Waals surface area contributed by atoms with Gasteiger partial charge in [-0.2, -0.15) is 10.4 Å². The molecule has 0 fully saturated rings. The van der Waals surface area contributed by atoms with Gasteiger partial charge in [0.15, 0.2) is 0 Å². The van der Waals surface area contributed by atoms with Crippen molar-refractivity contribution in [2.24, 2.45) is 0 Å². The van der Waals surface area contributed by atoms with Gasteiger partial charge in [0.1, 0.15) is 11.3 Å². The van der Waals surface area contributed by atoms with Gasteiger partial charge < -0.3 is 4.74 Å². The molecule has 0 bridgehead atoms. The summed E-state index contributed by atoms with van der Waals surface area (Å²) in [7, 11) is 0. The number of hydrogen-bond donors (Lipinski definition) is 0. The summed E-state index contributed by atoms with van der Waals surface area (Å²) in [6.45, 7) is 9.43. The molecule has 5 heteroatoms. The second kappa shape index (κ2) is 6.25. The van der Waals surface area contributed by atoms with E-state index >= 15 is 0 Å². The summed E-state index contributed by atoms with van der Waals surface area (Å²) in [5.41, 5.74) is 1.99. The van der Waals surface area contributed by atoms with Gasteiger partial charge in [0.05, 0.1) is 17.3 Å². The van der Waals surface area contributed by atoms with Crippen molar-refractivity contribution in [2.75, 3.05) is 0 Å². The van der Waals surface area contributed by atoms with Crippen molar-refractivity contribution in [3.63, 3.8) is 0 Å². The van der Waals surface area contributed by atoms with E-state index in [1.165, 1.54) is 0 Å². The predicted octanol–water partition coefficient (Wildman–Crippen LogP) is 3.96. The van der Waals surface area contributed by atoms with Crippen molar-refractivity contribution in [3.8, 4) is 17.3 Å². The highest BCUT2D eigenvalue weighted by Gasteiger charge is 2.23. The number of rotatable bonds is 3. The van der Waals surface area contributed by atoms with E-state index in [1.807, 2.05) is 46.8 Å². The minimum absolute atomic E-state index is 0.0321. The third kappa shape index (κ3) is 3.98. The standard InChI is InChI=1S/C18H21N3O2/c1-12(2)21-16(17(22)23-18(3,4)5)10-15(20-21)14-8-6-13(11-19)7-9-14/h6-10,12H,1-5H3. The summed E-state index contributed by atoms with van der Waals surface area (Å²) in [6, 6.07) is 11.0. The fourth-order valence-corrected chi connectivity index (χ4v) is 2.13. The number of benzene rings is 1. The van der Waals surface area contributed by atoms with E-state index in [2.05, 4.69) is 11.2 Å². The van der Waals surface area contributed by atoms with E-state index in [-0.39, 0.29) is 6.04 Å². The molecule has 0 aliphatic heterocycles. The Morgan fingerprint density at radius 3 is 2.35 bits per heavy atom. The van der Waals surface area contributed by atoms with Crippen LogP contribution in [0.3, 0.4) is 0 Å². The number of ether oxygens (including phenoxy) is 1. The fourth-order valence-electron chi connectivity index (χ4n) is 2.13. The molecule has 0 N–H and O–H groups in total. The van der Waals surface area contributed by atoms with Gasteiger partial charge in [-0.25, -0.2) is 4.79 Å². The Labute approximate surface area is 136 Å². The van der Waals surface area contributed by atoms with Gasteiger partial charge in [0.2, 0.25) is 0 Å². The van der Waals surface area contributed by atoms with Crippen molar-refractivity contribution >= 4 is 5.97 Å². The highest BCUT2D eigenvalue weighted by molar-refractivity contribution is 5.89. The molecule has 0 amide bonds. The van der Waals surface area contributed by atoms with Gasteiger partial charge in [-0.1, -0.05) is 12.1 Å². The first-order valence-electron chi connectivity index (χ1n) is 7.54. The molecule has 0 saturated carbocycles. The van der Waals surface area contributed by atoms with Crippen LogP contribution in [0, 0.1) is 11.3 Å². The zero-order valence-electron chi connectivity index (χ0n) is 14.1. The van der Waals surface area contributed by atoms with Gasteiger partial charge in [-0.15, -0.1) is 0 Å². The third-order valence-corrected chi connectivity index (χ3v) is 3.14. The maximum Gasteiger partial charge on any atom is 0.357 e. The lowest BCUT2D eigenvalue weighted by atomic mass is 10.1. The van der Waals surface area contributed by atoms with Crippen LogP contribution >= 0.6 is 0 Å². The predicted molar refractivity (Wildman–Crippen MR) is 87.9 cm³/mol. The highest BCUT2D eigenvalue weighted by atomic mass is 16.6. The van der Waals surface area contributed by atoms with E-state index in [0.717, 1.165) is 5.56 Å². The van der Waals surface area contributed by atoms with Gasteiger partial charge in [-0.3, -0.25) is 4.68 Å². The van der Waals surface area contributed by atoms with E-state index in [9.17, 15) is 4.79 Å². The molecule has 23 heavy (non-hydrogen) atoms. The highest BCUT2D eigenvalue weighted by Crippen LogP contribution is 2.23. The van der Waals surface area contributed by atoms with Crippen LogP contribution < -0.4 is 0 Å². The van der Waals surface area contributed by atoms with Crippen molar-refractivity contribution in [2.45, 2.75) is 46.3 Å². The van der Waals surface area contributed by atoms with E-state index in [4.69, 9.17) is 10.00 Å². The largest absolute Gasteiger partial charge is 0.455 e. The first-order valence-corrected chi connectivity index (χ1v) is 7.54. The maximum atomic E-state index is 12.4. The van der Waals surface area contributed by atoms with Gasteiger partial charge >= 0.3 is 5.97 Å². The lowest BCUT2D eigenvalue weighted by Gasteiger charge is -2.20. The monoisotopic (exact) mass is 311 g/mol. The Morgan fingerprint density at radius 2 is 1.87 bits per heavy atom.